The van der Waals surface area contributed by atoms with Crippen LogP contribution in [0.1, 0.15) is 43.7 Å². The predicted molar refractivity (Wildman–Crippen MR) is 77.5 cm³/mol. The van der Waals surface area contributed by atoms with Gasteiger partial charge in [-0.15, -0.1) is 0 Å². The molecule has 0 aliphatic rings. The lowest BCUT2D eigenvalue weighted by molar-refractivity contribution is -0.133. The van der Waals surface area contributed by atoms with Gasteiger partial charge in [-0.05, 0) is 24.0 Å². The lowest BCUT2D eigenvalue weighted by Crippen LogP contribution is -2.03. The Bertz CT molecular complexity index is 486. The topological polar surface area (TPSA) is 74.6 Å². The van der Waals surface area contributed by atoms with E-state index in [1.165, 1.54) is 19.3 Å². The first-order chi connectivity index (χ1) is 9.54. The Balaban J connectivity index is 2.74. The van der Waals surface area contributed by atoms with Crippen LogP contribution in [0, 0.1) is 0 Å². The first-order valence-corrected chi connectivity index (χ1v) is 6.81. The summed E-state index contributed by atoms with van der Waals surface area (Å²) in [6.45, 7) is 2.16. The van der Waals surface area contributed by atoms with Crippen LogP contribution in [0.4, 0.5) is 0 Å². The molecule has 20 heavy (non-hydrogen) atoms. The number of rotatable bonds is 8. The van der Waals surface area contributed by atoms with Gasteiger partial charge in [0.25, 0.3) is 0 Å². The molecule has 0 unspecified atom stereocenters. The second-order valence-electron chi connectivity index (χ2n) is 4.71. The van der Waals surface area contributed by atoms with Gasteiger partial charge in [0.05, 0.1) is 5.57 Å². The first kappa shape index (κ1) is 16.0. The van der Waals surface area contributed by atoms with Gasteiger partial charge in [0.15, 0.2) is 0 Å². The third-order valence-corrected chi connectivity index (χ3v) is 3.08. The van der Waals surface area contributed by atoms with Crippen LogP contribution in [0.3, 0.4) is 0 Å². The second-order valence-corrected chi connectivity index (χ2v) is 4.71. The highest BCUT2D eigenvalue weighted by atomic mass is 16.4. The van der Waals surface area contributed by atoms with Gasteiger partial charge in [-0.1, -0.05) is 50.5 Å². The summed E-state index contributed by atoms with van der Waals surface area (Å²) in [6, 6.07) is 7.05. The summed E-state index contributed by atoms with van der Waals surface area (Å²) in [5.74, 6) is -2.49. The second kappa shape index (κ2) is 8.15. The summed E-state index contributed by atoms with van der Waals surface area (Å²) in [5.41, 5.74) is 1.36. The smallest absolute Gasteiger partial charge is 0.336 e. The number of aryl methyl sites for hydroxylation is 1. The van der Waals surface area contributed by atoms with Gasteiger partial charge >= 0.3 is 11.9 Å². The molecule has 108 valence electrons. The molecule has 0 bridgehead atoms. The van der Waals surface area contributed by atoms with E-state index >= 15 is 0 Å². The first-order valence-electron chi connectivity index (χ1n) is 6.81. The van der Waals surface area contributed by atoms with Crippen LogP contribution in [0.5, 0.6) is 0 Å². The Kier molecular flexibility index (Phi) is 6.50. The van der Waals surface area contributed by atoms with Crippen molar-refractivity contribution in [2.45, 2.75) is 39.0 Å². The van der Waals surface area contributed by atoms with Crippen molar-refractivity contribution in [1.29, 1.82) is 0 Å². The monoisotopic (exact) mass is 276 g/mol. The van der Waals surface area contributed by atoms with Crippen LogP contribution in [0.15, 0.2) is 30.3 Å². The van der Waals surface area contributed by atoms with E-state index in [2.05, 4.69) is 6.92 Å². The number of carboxylic acid groups (broad SMARTS) is 2. The van der Waals surface area contributed by atoms with E-state index < -0.39 is 11.9 Å². The minimum atomic E-state index is -1.26. The fourth-order valence-electron chi connectivity index (χ4n) is 2.00. The average Bonchev–Trinajstić information content (AvgIpc) is 2.41. The van der Waals surface area contributed by atoms with Gasteiger partial charge in [0.1, 0.15) is 0 Å². The Morgan fingerprint density at radius 2 is 1.70 bits per heavy atom. The maximum absolute atomic E-state index is 11.0. The molecule has 0 aromatic heterocycles. The van der Waals surface area contributed by atoms with E-state index in [1.807, 2.05) is 12.1 Å². The number of unbranched alkanes of at least 4 members (excludes halogenated alkanes) is 3. The summed E-state index contributed by atoms with van der Waals surface area (Å²) < 4.78 is 0. The molecule has 0 aliphatic heterocycles. The van der Waals surface area contributed by atoms with Crippen LogP contribution in [0.25, 0.3) is 5.57 Å². The number of hydrogen-bond donors (Lipinski definition) is 2. The molecular weight excluding hydrogens is 256 g/mol. The summed E-state index contributed by atoms with van der Waals surface area (Å²) in [4.78, 5) is 21.7. The standard InChI is InChI=1S/C16H20O4/c1-2-3-4-5-6-12-7-9-13(10-8-12)14(16(19)20)11-15(17)18/h7-11H,2-6H2,1H3,(H,17,18)(H,19,20)/b14-11-. The van der Waals surface area contributed by atoms with Crippen molar-refractivity contribution in [3.8, 4) is 0 Å². The Labute approximate surface area is 118 Å². The van der Waals surface area contributed by atoms with Crippen molar-refractivity contribution in [2.24, 2.45) is 0 Å². The van der Waals surface area contributed by atoms with Crippen molar-refractivity contribution in [2.75, 3.05) is 0 Å². The summed E-state index contributed by atoms with van der Waals surface area (Å²) in [6.07, 6.45) is 6.41. The molecule has 0 spiro atoms. The molecule has 0 aliphatic carbocycles. The van der Waals surface area contributed by atoms with Gasteiger partial charge in [0.2, 0.25) is 0 Å². The van der Waals surface area contributed by atoms with E-state index in [-0.39, 0.29) is 5.57 Å². The minimum Gasteiger partial charge on any atom is -0.478 e. The lowest BCUT2D eigenvalue weighted by Gasteiger charge is -2.05. The highest BCUT2D eigenvalue weighted by Crippen LogP contribution is 2.17. The molecule has 0 radical (unpaired) electrons. The molecule has 1 rings (SSSR count). The molecule has 1 aromatic carbocycles. The quantitative estimate of drug-likeness (QED) is 0.564. The molecule has 0 saturated carbocycles. The normalized spacial score (nSPS) is 11.3. The van der Waals surface area contributed by atoms with Crippen LogP contribution < -0.4 is 0 Å². The Morgan fingerprint density at radius 1 is 1.05 bits per heavy atom. The molecule has 4 nitrogen and oxygen atoms in total. The van der Waals surface area contributed by atoms with Gasteiger partial charge < -0.3 is 10.2 Å². The Hall–Kier alpha value is -2.10. The van der Waals surface area contributed by atoms with Gasteiger partial charge in [-0.3, -0.25) is 0 Å². The zero-order chi connectivity index (χ0) is 15.0. The van der Waals surface area contributed by atoms with E-state index in [1.54, 1.807) is 12.1 Å². The highest BCUT2D eigenvalue weighted by molar-refractivity contribution is 6.19. The summed E-state index contributed by atoms with van der Waals surface area (Å²) in [7, 11) is 0. The molecule has 4 heteroatoms. The Morgan fingerprint density at radius 3 is 2.20 bits per heavy atom. The molecule has 2 N–H and O–H groups in total. The van der Waals surface area contributed by atoms with Crippen LogP contribution in [-0.4, -0.2) is 22.2 Å². The molecular formula is C16H20O4. The average molecular weight is 276 g/mol. The van der Waals surface area contributed by atoms with E-state index in [0.717, 1.165) is 24.5 Å². The van der Waals surface area contributed by atoms with Crippen LogP contribution >= 0.6 is 0 Å². The van der Waals surface area contributed by atoms with Gasteiger partial charge in [-0.25, -0.2) is 9.59 Å². The molecule has 0 saturated heterocycles. The third-order valence-electron chi connectivity index (χ3n) is 3.08. The number of aliphatic carboxylic acids is 2. The van der Waals surface area contributed by atoms with Gasteiger partial charge in [-0.2, -0.15) is 0 Å². The van der Waals surface area contributed by atoms with Crippen molar-refractivity contribution < 1.29 is 19.8 Å². The maximum Gasteiger partial charge on any atom is 0.336 e. The fourth-order valence-corrected chi connectivity index (χ4v) is 2.00. The van der Waals surface area contributed by atoms with E-state index in [9.17, 15) is 9.59 Å². The zero-order valence-electron chi connectivity index (χ0n) is 11.6. The molecule has 0 heterocycles. The van der Waals surface area contributed by atoms with Crippen molar-refractivity contribution in [3.63, 3.8) is 0 Å². The SMILES string of the molecule is CCCCCCc1ccc(/C(=C/C(=O)O)C(=O)O)cc1. The largest absolute Gasteiger partial charge is 0.478 e. The number of hydrogen-bond acceptors (Lipinski definition) is 2. The number of benzene rings is 1. The zero-order valence-corrected chi connectivity index (χ0v) is 11.6. The number of carboxylic acids is 2. The highest BCUT2D eigenvalue weighted by Gasteiger charge is 2.12. The maximum atomic E-state index is 11.0. The number of carbonyl (C=O) groups is 2. The van der Waals surface area contributed by atoms with Gasteiger partial charge in [0, 0.05) is 6.08 Å². The lowest BCUT2D eigenvalue weighted by atomic mass is 10.0. The third kappa shape index (κ3) is 5.26. The van der Waals surface area contributed by atoms with Crippen molar-refractivity contribution in [3.05, 3.63) is 41.5 Å². The summed E-state index contributed by atoms with van der Waals surface area (Å²) >= 11 is 0. The molecule has 0 fully saturated rings. The van der Waals surface area contributed by atoms with E-state index in [0.29, 0.717) is 5.56 Å². The van der Waals surface area contributed by atoms with E-state index in [4.69, 9.17) is 10.2 Å². The fraction of sp³-hybridized carbons (Fsp3) is 0.375. The van der Waals surface area contributed by atoms with Crippen molar-refractivity contribution in [1.82, 2.24) is 0 Å². The van der Waals surface area contributed by atoms with Crippen molar-refractivity contribution >= 4 is 17.5 Å². The predicted octanol–water partition coefficient (Wildman–Crippen LogP) is 3.36. The van der Waals surface area contributed by atoms with Crippen LogP contribution in [0.2, 0.25) is 0 Å². The molecule has 1 aromatic rings. The summed E-state index contributed by atoms with van der Waals surface area (Å²) in [5, 5.41) is 17.7. The molecule has 0 atom stereocenters. The van der Waals surface area contributed by atoms with Crippen LogP contribution in [-0.2, 0) is 16.0 Å². The molecule has 0 amide bonds. The minimum absolute atomic E-state index is 0.199.